The molecule has 0 bridgehead atoms. The molecule has 0 aliphatic carbocycles. The zero-order valence-electron chi connectivity index (χ0n) is 12.3. The van der Waals surface area contributed by atoms with Crippen LogP contribution in [0.15, 0.2) is 40.9 Å². The number of halogens is 2. The molecule has 0 aliphatic heterocycles. The molecule has 120 valence electrons. The van der Waals surface area contributed by atoms with Crippen molar-refractivity contribution >= 4 is 27.9 Å². The van der Waals surface area contributed by atoms with Crippen LogP contribution in [0.2, 0.25) is 0 Å². The first-order valence-electron chi connectivity index (χ1n) is 6.40. The smallest absolute Gasteiger partial charge is 0.344 e. The first-order chi connectivity index (χ1) is 11.0. The normalized spacial score (nSPS) is 10.1. The van der Waals surface area contributed by atoms with Gasteiger partial charge in [-0.05, 0) is 52.3 Å². The minimum Gasteiger partial charge on any atom is -0.493 e. The summed E-state index contributed by atoms with van der Waals surface area (Å²) in [5.41, 5.74) is 0.414. The first kappa shape index (κ1) is 17.0. The number of esters is 2. The largest absolute Gasteiger partial charge is 0.493 e. The second-order valence-electron chi connectivity index (χ2n) is 4.37. The van der Waals surface area contributed by atoms with E-state index in [1.807, 2.05) is 0 Å². The van der Waals surface area contributed by atoms with E-state index in [0.29, 0.717) is 0 Å². The minimum absolute atomic E-state index is 0.126. The minimum atomic E-state index is -0.694. The predicted octanol–water partition coefficient (Wildman–Crippen LogP) is 3.60. The fourth-order valence-corrected chi connectivity index (χ4v) is 2.32. The van der Waals surface area contributed by atoms with Gasteiger partial charge in [0.15, 0.2) is 11.5 Å². The lowest BCUT2D eigenvalue weighted by molar-refractivity contribution is 0.0600. The highest BCUT2D eigenvalue weighted by Crippen LogP contribution is 2.30. The average Bonchev–Trinajstić information content (AvgIpc) is 2.54. The van der Waals surface area contributed by atoms with E-state index in [-0.39, 0.29) is 27.1 Å². The number of benzene rings is 2. The third kappa shape index (κ3) is 3.87. The molecule has 2 rings (SSSR count). The van der Waals surface area contributed by atoms with E-state index >= 15 is 0 Å². The van der Waals surface area contributed by atoms with Crippen molar-refractivity contribution in [3.8, 4) is 11.5 Å². The number of rotatable bonds is 4. The SMILES string of the molecule is COC(=O)c1ccc(OC(=O)c2ccc(F)cc2Br)c(OC)c1. The van der Waals surface area contributed by atoms with Crippen LogP contribution in [0.25, 0.3) is 0 Å². The zero-order valence-corrected chi connectivity index (χ0v) is 13.8. The Bertz CT molecular complexity index is 760. The van der Waals surface area contributed by atoms with Crippen molar-refractivity contribution in [1.82, 2.24) is 0 Å². The molecule has 0 radical (unpaired) electrons. The summed E-state index contributed by atoms with van der Waals surface area (Å²) in [6.45, 7) is 0. The Hall–Kier alpha value is -2.41. The van der Waals surface area contributed by atoms with Crippen LogP contribution in [0, 0.1) is 5.82 Å². The molecule has 23 heavy (non-hydrogen) atoms. The van der Waals surface area contributed by atoms with Gasteiger partial charge in [0.25, 0.3) is 0 Å². The topological polar surface area (TPSA) is 61.8 Å². The van der Waals surface area contributed by atoms with Crippen molar-refractivity contribution < 1.29 is 28.2 Å². The maximum absolute atomic E-state index is 13.1. The van der Waals surface area contributed by atoms with Gasteiger partial charge in [0.2, 0.25) is 0 Å². The molecule has 7 heteroatoms. The lowest BCUT2D eigenvalue weighted by atomic mass is 10.2. The third-order valence-electron chi connectivity index (χ3n) is 2.94. The molecule has 0 heterocycles. The number of hydrogen-bond donors (Lipinski definition) is 0. The molecule has 0 amide bonds. The quantitative estimate of drug-likeness (QED) is 0.597. The predicted molar refractivity (Wildman–Crippen MR) is 83.4 cm³/mol. The molecular formula is C16H12BrFO5. The van der Waals surface area contributed by atoms with Crippen LogP contribution in [-0.2, 0) is 4.74 Å². The average molecular weight is 383 g/mol. The highest BCUT2D eigenvalue weighted by molar-refractivity contribution is 9.10. The van der Waals surface area contributed by atoms with E-state index in [2.05, 4.69) is 20.7 Å². The van der Waals surface area contributed by atoms with Gasteiger partial charge in [-0.25, -0.2) is 14.0 Å². The summed E-state index contributed by atoms with van der Waals surface area (Å²) in [7, 11) is 2.64. The Kier molecular flexibility index (Phi) is 5.33. The van der Waals surface area contributed by atoms with E-state index in [4.69, 9.17) is 9.47 Å². The van der Waals surface area contributed by atoms with Gasteiger partial charge in [-0.15, -0.1) is 0 Å². The van der Waals surface area contributed by atoms with E-state index in [9.17, 15) is 14.0 Å². The summed E-state index contributed by atoms with van der Waals surface area (Å²) in [4.78, 5) is 23.7. The van der Waals surface area contributed by atoms with Gasteiger partial charge in [-0.1, -0.05) is 0 Å². The summed E-state index contributed by atoms with van der Waals surface area (Å²) in [5.74, 6) is -1.39. The molecular weight excluding hydrogens is 371 g/mol. The molecule has 0 unspecified atom stereocenters. The maximum Gasteiger partial charge on any atom is 0.344 e. The molecule has 5 nitrogen and oxygen atoms in total. The van der Waals surface area contributed by atoms with Crippen LogP contribution < -0.4 is 9.47 Å². The van der Waals surface area contributed by atoms with Gasteiger partial charge in [0, 0.05) is 4.47 Å². The molecule has 0 aliphatic rings. The van der Waals surface area contributed by atoms with Gasteiger partial charge in [0.1, 0.15) is 5.82 Å². The van der Waals surface area contributed by atoms with Gasteiger partial charge < -0.3 is 14.2 Å². The third-order valence-corrected chi connectivity index (χ3v) is 3.59. The van der Waals surface area contributed by atoms with E-state index in [0.717, 1.165) is 12.1 Å². The second kappa shape index (κ2) is 7.23. The van der Waals surface area contributed by atoms with Crippen molar-refractivity contribution in [3.63, 3.8) is 0 Å². The fraction of sp³-hybridized carbons (Fsp3) is 0.125. The summed E-state index contributed by atoms with van der Waals surface area (Å²) in [6.07, 6.45) is 0. The zero-order chi connectivity index (χ0) is 17.0. The maximum atomic E-state index is 13.1. The Morgan fingerprint density at radius 1 is 1.00 bits per heavy atom. The molecule has 0 atom stereocenters. The Labute approximate surface area is 140 Å². The molecule has 0 fully saturated rings. The molecule has 0 saturated carbocycles. The number of carbonyl (C=O) groups is 2. The summed E-state index contributed by atoms with van der Waals surface area (Å²) in [5, 5.41) is 0. The molecule has 2 aromatic rings. The van der Waals surface area contributed by atoms with Crippen LogP contribution in [0.3, 0.4) is 0 Å². The summed E-state index contributed by atoms with van der Waals surface area (Å²) in [6, 6.07) is 7.87. The Morgan fingerprint density at radius 2 is 1.74 bits per heavy atom. The molecule has 0 N–H and O–H groups in total. The summed E-state index contributed by atoms with van der Waals surface area (Å²) >= 11 is 3.10. The van der Waals surface area contributed by atoms with E-state index in [1.54, 1.807) is 0 Å². The van der Waals surface area contributed by atoms with Gasteiger partial charge in [0.05, 0.1) is 25.3 Å². The monoisotopic (exact) mass is 382 g/mol. The fourth-order valence-electron chi connectivity index (χ4n) is 1.81. The number of hydrogen-bond acceptors (Lipinski definition) is 5. The summed E-state index contributed by atoms with van der Waals surface area (Å²) < 4.78 is 28.3. The first-order valence-corrected chi connectivity index (χ1v) is 7.19. The van der Waals surface area contributed by atoms with Crippen molar-refractivity contribution in [2.24, 2.45) is 0 Å². The van der Waals surface area contributed by atoms with Crippen molar-refractivity contribution in [3.05, 3.63) is 57.8 Å². The number of methoxy groups -OCH3 is 2. The van der Waals surface area contributed by atoms with Crippen LogP contribution in [0.1, 0.15) is 20.7 Å². The van der Waals surface area contributed by atoms with Crippen LogP contribution in [-0.4, -0.2) is 26.2 Å². The van der Waals surface area contributed by atoms with Crippen molar-refractivity contribution in [1.29, 1.82) is 0 Å². The van der Waals surface area contributed by atoms with Crippen molar-refractivity contribution in [2.75, 3.05) is 14.2 Å². The van der Waals surface area contributed by atoms with Crippen LogP contribution in [0.4, 0.5) is 4.39 Å². The number of ether oxygens (including phenoxy) is 3. The van der Waals surface area contributed by atoms with Crippen LogP contribution in [0.5, 0.6) is 11.5 Å². The van der Waals surface area contributed by atoms with Gasteiger partial charge in [-0.2, -0.15) is 0 Å². The van der Waals surface area contributed by atoms with Crippen molar-refractivity contribution in [2.45, 2.75) is 0 Å². The standard InChI is InChI=1S/C16H12BrFO5/c1-21-14-7-9(15(19)22-2)3-6-13(14)23-16(20)11-5-4-10(18)8-12(11)17/h3-8H,1-2H3. The van der Waals surface area contributed by atoms with E-state index < -0.39 is 17.8 Å². The van der Waals surface area contributed by atoms with E-state index in [1.165, 1.54) is 38.5 Å². The molecule has 0 aromatic heterocycles. The van der Waals surface area contributed by atoms with Gasteiger partial charge >= 0.3 is 11.9 Å². The Morgan fingerprint density at radius 3 is 2.35 bits per heavy atom. The lowest BCUT2D eigenvalue weighted by Crippen LogP contribution is -2.11. The molecule has 0 saturated heterocycles. The molecule has 2 aromatic carbocycles. The Balaban J connectivity index is 2.28. The highest BCUT2D eigenvalue weighted by Gasteiger charge is 2.17. The lowest BCUT2D eigenvalue weighted by Gasteiger charge is -2.11. The molecule has 0 spiro atoms. The highest BCUT2D eigenvalue weighted by atomic mass is 79.9. The number of carbonyl (C=O) groups excluding carboxylic acids is 2. The second-order valence-corrected chi connectivity index (χ2v) is 5.23. The van der Waals surface area contributed by atoms with Crippen LogP contribution >= 0.6 is 15.9 Å². The van der Waals surface area contributed by atoms with Gasteiger partial charge in [-0.3, -0.25) is 0 Å².